The van der Waals surface area contributed by atoms with Crippen LogP contribution in [-0.4, -0.2) is 31.4 Å². The minimum absolute atomic E-state index is 0. The Morgan fingerprint density at radius 2 is 2.25 bits per heavy atom. The molecule has 20 heavy (non-hydrogen) atoms. The van der Waals surface area contributed by atoms with Crippen LogP contribution in [0.4, 0.5) is 0 Å². The molecule has 0 saturated carbocycles. The lowest BCUT2D eigenvalue weighted by molar-refractivity contribution is -0.123. The Balaban J connectivity index is 0.00000200. The maximum atomic E-state index is 11.9. The Morgan fingerprint density at radius 1 is 1.50 bits per heavy atom. The SMILES string of the molecule is CC(=O)NC(CC(=O)NCC1CNC1)c1cccs1.Cl. The van der Waals surface area contributed by atoms with Crippen molar-refractivity contribution in [2.45, 2.75) is 19.4 Å². The van der Waals surface area contributed by atoms with Crippen molar-refractivity contribution in [1.29, 1.82) is 0 Å². The molecule has 1 unspecified atom stereocenters. The Hall–Kier alpha value is -1.11. The number of rotatable bonds is 6. The smallest absolute Gasteiger partial charge is 0.222 e. The van der Waals surface area contributed by atoms with E-state index in [9.17, 15) is 9.59 Å². The maximum Gasteiger partial charge on any atom is 0.222 e. The summed E-state index contributed by atoms with van der Waals surface area (Å²) in [6.07, 6.45) is 0.292. The van der Waals surface area contributed by atoms with Gasteiger partial charge in [0.1, 0.15) is 0 Å². The van der Waals surface area contributed by atoms with Gasteiger partial charge in [-0.1, -0.05) is 6.07 Å². The Labute approximate surface area is 128 Å². The molecular formula is C13H20ClN3O2S. The van der Waals surface area contributed by atoms with Crippen LogP contribution in [0.25, 0.3) is 0 Å². The first-order chi connectivity index (χ1) is 9.15. The van der Waals surface area contributed by atoms with Gasteiger partial charge in [0.2, 0.25) is 11.8 Å². The summed E-state index contributed by atoms with van der Waals surface area (Å²) in [5, 5.41) is 10.9. The van der Waals surface area contributed by atoms with Crippen LogP contribution in [0.1, 0.15) is 24.3 Å². The van der Waals surface area contributed by atoms with Gasteiger partial charge in [0, 0.05) is 37.4 Å². The van der Waals surface area contributed by atoms with Crippen LogP contribution in [0, 0.1) is 5.92 Å². The average Bonchev–Trinajstić information content (AvgIpc) is 2.78. The number of nitrogens with one attached hydrogen (secondary N) is 3. The van der Waals surface area contributed by atoms with Gasteiger partial charge in [-0.2, -0.15) is 0 Å². The van der Waals surface area contributed by atoms with Crippen molar-refractivity contribution in [2.75, 3.05) is 19.6 Å². The number of amides is 2. The highest BCUT2D eigenvalue weighted by molar-refractivity contribution is 7.10. The summed E-state index contributed by atoms with van der Waals surface area (Å²) in [5.74, 6) is 0.415. The summed E-state index contributed by atoms with van der Waals surface area (Å²) in [6.45, 7) is 4.13. The van der Waals surface area contributed by atoms with E-state index in [0.717, 1.165) is 18.0 Å². The van der Waals surface area contributed by atoms with Gasteiger partial charge in [-0.25, -0.2) is 0 Å². The first kappa shape index (κ1) is 16.9. The standard InChI is InChI=1S/C13H19N3O2S.ClH/c1-9(17)16-11(12-3-2-4-19-12)5-13(18)15-8-10-6-14-7-10;/h2-4,10-11,14H,5-8H2,1H3,(H,15,18)(H,16,17);1H. The van der Waals surface area contributed by atoms with E-state index in [1.54, 1.807) is 11.3 Å². The Morgan fingerprint density at radius 3 is 2.75 bits per heavy atom. The maximum absolute atomic E-state index is 11.9. The molecule has 112 valence electrons. The summed E-state index contributed by atoms with van der Waals surface area (Å²) in [5.41, 5.74) is 0. The minimum atomic E-state index is -0.225. The largest absolute Gasteiger partial charge is 0.356 e. The minimum Gasteiger partial charge on any atom is -0.356 e. The van der Waals surface area contributed by atoms with Crippen molar-refractivity contribution in [3.63, 3.8) is 0 Å². The number of hydrogen-bond acceptors (Lipinski definition) is 4. The van der Waals surface area contributed by atoms with E-state index in [0.29, 0.717) is 18.9 Å². The lowest BCUT2D eigenvalue weighted by Gasteiger charge is -2.27. The molecule has 0 spiro atoms. The average molecular weight is 318 g/mol. The normalized spacial score (nSPS) is 15.7. The topological polar surface area (TPSA) is 70.2 Å². The van der Waals surface area contributed by atoms with Crippen LogP contribution in [0.15, 0.2) is 17.5 Å². The molecule has 1 atom stereocenters. The number of carbonyl (C=O) groups excluding carboxylic acids is 2. The molecule has 1 aromatic rings. The van der Waals surface area contributed by atoms with Gasteiger partial charge in [0.25, 0.3) is 0 Å². The third-order valence-corrected chi connectivity index (χ3v) is 4.09. The van der Waals surface area contributed by atoms with Crippen LogP contribution in [0.5, 0.6) is 0 Å². The van der Waals surface area contributed by atoms with Gasteiger partial charge in [0.15, 0.2) is 0 Å². The first-order valence-corrected chi connectivity index (χ1v) is 7.31. The van der Waals surface area contributed by atoms with Gasteiger partial charge >= 0.3 is 0 Å². The second-order valence-corrected chi connectivity index (χ2v) is 5.78. The zero-order chi connectivity index (χ0) is 13.7. The summed E-state index contributed by atoms with van der Waals surface area (Å²) in [7, 11) is 0. The lowest BCUT2D eigenvalue weighted by atomic mass is 10.0. The third-order valence-electron chi connectivity index (χ3n) is 3.11. The van der Waals surface area contributed by atoms with Crippen LogP contribution in [0.3, 0.4) is 0 Å². The molecule has 1 aliphatic rings. The van der Waals surface area contributed by atoms with Crippen LogP contribution in [0.2, 0.25) is 0 Å². The molecule has 1 aliphatic heterocycles. The summed E-state index contributed by atoms with van der Waals surface area (Å²) in [4.78, 5) is 24.1. The van der Waals surface area contributed by atoms with Gasteiger partial charge in [-0.15, -0.1) is 23.7 Å². The number of halogens is 1. The van der Waals surface area contributed by atoms with Crippen molar-refractivity contribution in [3.8, 4) is 0 Å². The Kier molecular flexibility index (Phi) is 6.98. The second-order valence-electron chi connectivity index (χ2n) is 4.80. The van der Waals surface area contributed by atoms with Gasteiger partial charge < -0.3 is 16.0 Å². The molecule has 1 saturated heterocycles. The van der Waals surface area contributed by atoms with E-state index in [1.165, 1.54) is 6.92 Å². The van der Waals surface area contributed by atoms with E-state index in [1.807, 2.05) is 17.5 Å². The van der Waals surface area contributed by atoms with Crippen molar-refractivity contribution in [1.82, 2.24) is 16.0 Å². The summed E-state index contributed by atoms with van der Waals surface area (Å²) >= 11 is 1.55. The van der Waals surface area contributed by atoms with Crippen molar-refractivity contribution < 1.29 is 9.59 Å². The predicted molar refractivity (Wildman–Crippen MR) is 82.1 cm³/mol. The molecule has 0 bridgehead atoms. The monoisotopic (exact) mass is 317 g/mol. The number of thiophene rings is 1. The van der Waals surface area contributed by atoms with E-state index >= 15 is 0 Å². The fourth-order valence-electron chi connectivity index (χ4n) is 1.97. The van der Waals surface area contributed by atoms with Crippen molar-refractivity contribution in [2.24, 2.45) is 5.92 Å². The van der Waals surface area contributed by atoms with E-state index in [4.69, 9.17) is 0 Å². The molecule has 1 fully saturated rings. The number of carbonyl (C=O) groups is 2. The third kappa shape index (κ3) is 5.11. The van der Waals surface area contributed by atoms with Crippen LogP contribution >= 0.6 is 23.7 Å². The first-order valence-electron chi connectivity index (χ1n) is 6.43. The predicted octanol–water partition coefficient (Wildman–Crippen LogP) is 1.07. The highest BCUT2D eigenvalue weighted by atomic mass is 35.5. The molecule has 0 aliphatic carbocycles. The molecule has 3 N–H and O–H groups in total. The summed E-state index contributed by atoms with van der Waals surface area (Å²) < 4.78 is 0. The zero-order valence-electron chi connectivity index (χ0n) is 11.3. The van der Waals surface area contributed by atoms with E-state index in [-0.39, 0.29) is 30.3 Å². The molecule has 7 heteroatoms. The summed E-state index contributed by atoms with van der Waals surface area (Å²) in [6, 6.07) is 3.64. The second kappa shape index (κ2) is 8.24. The lowest BCUT2D eigenvalue weighted by Crippen LogP contribution is -2.48. The van der Waals surface area contributed by atoms with Gasteiger partial charge in [-0.05, 0) is 11.4 Å². The molecule has 1 aromatic heterocycles. The van der Waals surface area contributed by atoms with Gasteiger partial charge in [0.05, 0.1) is 12.5 Å². The van der Waals surface area contributed by atoms with Crippen molar-refractivity contribution >= 4 is 35.6 Å². The number of hydrogen-bond donors (Lipinski definition) is 3. The molecule has 0 aromatic carbocycles. The highest BCUT2D eigenvalue weighted by Crippen LogP contribution is 2.21. The Bertz CT molecular complexity index is 435. The molecule has 2 heterocycles. The van der Waals surface area contributed by atoms with Crippen molar-refractivity contribution in [3.05, 3.63) is 22.4 Å². The zero-order valence-corrected chi connectivity index (χ0v) is 13.0. The molecule has 2 rings (SSSR count). The quantitative estimate of drug-likeness (QED) is 0.735. The fraction of sp³-hybridized carbons (Fsp3) is 0.538. The fourth-order valence-corrected chi connectivity index (χ4v) is 2.74. The molecule has 5 nitrogen and oxygen atoms in total. The molecule has 0 radical (unpaired) electrons. The van der Waals surface area contributed by atoms with Crippen LogP contribution < -0.4 is 16.0 Å². The van der Waals surface area contributed by atoms with E-state index < -0.39 is 0 Å². The van der Waals surface area contributed by atoms with E-state index in [2.05, 4.69) is 16.0 Å². The van der Waals surface area contributed by atoms with Crippen LogP contribution in [-0.2, 0) is 9.59 Å². The highest BCUT2D eigenvalue weighted by Gasteiger charge is 2.20. The van der Waals surface area contributed by atoms with Gasteiger partial charge in [-0.3, -0.25) is 9.59 Å². The molecule has 2 amide bonds. The molecular weight excluding hydrogens is 298 g/mol.